The van der Waals surface area contributed by atoms with Crippen LogP contribution in [0.15, 0.2) is 0 Å². The molecule has 0 aliphatic carbocycles. The molecule has 2 N–H and O–H groups in total. The number of hydrogen-bond acceptors (Lipinski definition) is 2. The summed E-state index contributed by atoms with van der Waals surface area (Å²) >= 11 is 0. The van der Waals surface area contributed by atoms with Crippen LogP contribution in [0.2, 0.25) is 0 Å². The standard InChI is InChI=1S/C8H13N3O/c1-4-9-8(12)7-5(2)10-11-6(7)3/h4H2,1-3H3,(H,9,12)(H,10,11). The second kappa shape index (κ2) is 3.38. The number of hydrogen-bond donors (Lipinski definition) is 2. The first kappa shape index (κ1) is 8.77. The van der Waals surface area contributed by atoms with E-state index in [1.54, 1.807) is 0 Å². The molecule has 1 aromatic heterocycles. The van der Waals surface area contributed by atoms with Crippen LogP contribution in [0.5, 0.6) is 0 Å². The quantitative estimate of drug-likeness (QED) is 0.683. The van der Waals surface area contributed by atoms with Crippen molar-refractivity contribution >= 4 is 5.91 Å². The van der Waals surface area contributed by atoms with Gasteiger partial charge in [0.15, 0.2) is 0 Å². The summed E-state index contributed by atoms with van der Waals surface area (Å²) in [5.41, 5.74) is 2.23. The second-order valence-electron chi connectivity index (χ2n) is 2.67. The Hall–Kier alpha value is -1.32. The number of nitrogens with one attached hydrogen (secondary N) is 2. The first-order valence-electron chi connectivity index (χ1n) is 3.96. The predicted molar refractivity (Wildman–Crippen MR) is 46.1 cm³/mol. The van der Waals surface area contributed by atoms with E-state index in [0.717, 1.165) is 11.4 Å². The van der Waals surface area contributed by atoms with Crippen molar-refractivity contribution in [2.24, 2.45) is 0 Å². The molecule has 0 fully saturated rings. The summed E-state index contributed by atoms with van der Waals surface area (Å²) in [5, 5.41) is 9.43. The molecule has 1 heterocycles. The summed E-state index contributed by atoms with van der Waals surface area (Å²) in [5.74, 6) is -0.0544. The van der Waals surface area contributed by atoms with E-state index in [1.165, 1.54) is 0 Å². The van der Waals surface area contributed by atoms with Gasteiger partial charge in [0, 0.05) is 12.2 Å². The third-order valence-electron chi connectivity index (χ3n) is 1.69. The van der Waals surface area contributed by atoms with E-state index in [-0.39, 0.29) is 5.91 Å². The van der Waals surface area contributed by atoms with Crippen LogP contribution in [0.4, 0.5) is 0 Å². The molecule has 0 spiro atoms. The number of aromatic amines is 1. The van der Waals surface area contributed by atoms with Crippen LogP contribution >= 0.6 is 0 Å². The van der Waals surface area contributed by atoms with Crippen molar-refractivity contribution in [2.45, 2.75) is 20.8 Å². The molecule has 0 bridgehead atoms. The van der Waals surface area contributed by atoms with Crippen LogP contribution in [0.1, 0.15) is 28.7 Å². The molecule has 0 saturated carbocycles. The van der Waals surface area contributed by atoms with Crippen molar-refractivity contribution in [3.8, 4) is 0 Å². The average molecular weight is 167 g/mol. The van der Waals surface area contributed by atoms with Gasteiger partial charge in [0.25, 0.3) is 5.91 Å². The van der Waals surface area contributed by atoms with Gasteiger partial charge in [-0.1, -0.05) is 0 Å². The van der Waals surface area contributed by atoms with Gasteiger partial charge in [0.05, 0.1) is 11.3 Å². The first-order chi connectivity index (χ1) is 5.66. The van der Waals surface area contributed by atoms with Gasteiger partial charge in [-0.05, 0) is 20.8 Å². The number of nitrogens with zero attached hydrogens (tertiary/aromatic N) is 1. The van der Waals surface area contributed by atoms with Gasteiger partial charge >= 0.3 is 0 Å². The highest BCUT2D eigenvalue weighted by Crippen LogP contribution is 2.08. The smallest absolute Gasteiger partial charge is 0.255 e. The SMILES string of the molecule is CCNC(=O)c1c(C)n[nH]c1C. The van der Waals surface area contributed by atoms with Gasteiger partial charge in [-0.2, -0.15) is 5.10 Å². The van der Waals surface area contributed by atoms with E-state index in [0.29, 0.717) is 12.1 Å². The van der Waals surface area contributed by atoms with E-state index < -0.39 is 0 Å². The number of H-pyrrole nitrogens is 1. The first-order valence-corrected chi connectivity index (χ1v) is 3.96. The van der Waals surface area contributed by atoms with Gasteiger partial charge < -0.3 is 5.32 Å². The molecule has 0 aliphatic heterocycles. The Labute approximate surface area is 71.4 Å². The maximum Gasteiger partial charge on any atom is 0.255 e. The zero-order valence-electron chi connectivity index (χ0n) is 7.56. The number of carbonyl (C=O) groups is 1. The number of carbonyl (C=O) groups excluding carboxylic acids is 1. The predicted octanol–water partition coefficient (Wildman–Crippen LogP) is 0.776. The molecular weight excluding hydrogens is 154 g/mol. The van der Waals surface area contributed by atoms with Gasteiger partial charge in [0.1, 0.15) is 0 Å². The third kappa shape index (κ3) is 1.47. The van der Waals surface area contributed by atoms with Crippen molar-refractivity contribution in [3.63, 3.8) is 0 Å². The Morgan fingerprint density at radius 2 is 2.25 bits per heavy atom. The molecule has 0 atom stereocenters. The van der Waals surface area contributed by atoms with E-state index in [1.807, 2.05) is 20.8 Å². The zero-order valence-corrected chi connectivity index (χ0v) is 7.56. The molecule has 1 rings (SSSR count). The minimum Gasteiger partial charge on any atom is -0.352 e. The summed E-state index contributed by atoms with van der Waals surface area (Å²) in [6, 6.07) is 0. The minimum absolute atomic E-state index is 0.0544. The number of amides is 1. The number of aryl methyl sites for hydroxylation is 2. The Balaban J connectivity index is 2.93. The highest BCUT2D eigenvalue weighted by molar-refractivity contribution is 5.96. The lowest BCUT2D eigenvalue weighted by molar-refractivity contribution is 0.0954. The van der Waals surface area contributed by atoms with E-state index in [4.69, 9.17) is 0 Å². The number of aromatic nitrogens is 2. The fraction of sp³-hybridized carbons (Fsp3) is 0.500. The molecule has 1 aromatic rings. The largest absolute Gasteiger partial charge is 0.352 e. The van der Waals surface area contributed by atoms with Crippen LogP contribution in [0, 0.1) is 13.8 Å². The van der Waals surface area contributed by atoms with Crippen LogP contribution in [-0.2, 0) is 0 Å². The highest BCUT2D eigenvalue weighted by atomic mass is 16.1. The molecule has 0 radical (unpaired) electrons. The van der Waals surface area contributed by atoms with Crippen LogP contribution in [-0.4, -0.2) is 22.6 Å². The Morgan fingerprint density at radius 1 is 1.58 bits per heavy atom. The maximum absolute atomic E-state index is 11.4. The molecule has 0 aromatic carbocycles. The number of rotatable bonds is 2. The molecule has 4 heteroatoms. The minimum atomic E-state index is -0.0544. The summed E-state index contributed by atoms with van der Waals surface area (Å²) in [6.45, 7) is 6.18. The van der Waals surface area contributed by atoms with Gasteiger partial charge in [-0.15, -0.1) is 0 Å². The average Bonchev–Trinajstić information content (AvgIpc) is 2.32. The summed E-state index contributed by atoms with van der Waals surface area (Å²) < 4.78 is 0. The molecule has 1 amide bonds. The molecule has 0 saturated heterocycles. The molecule has 4 nitrogen and oxygen atoms in total. The fourth-order valence-electron chi connectivity index (χ4n) is 1.13. The maximum atomic E-state index is 11.4. The Morgan fingerprint density at radius 3 is 2.67 bits per heavy atom. The molecule has 12 heavy (non-hydrogen) atoms. The molecule has 0 aliphatic rings. The van der Waals surface area contributed by atoms with Crippen molar-refractivity contribution in [2.75, 3.05) is 6.54 Å². The fourth-order valence-corrected chi connectivity index (χ4v) is 1.13. The van der Waals surface area contributed by atoms with E-state index >= 15 is 0 Å². The second-order valence-corrected chi connectivity index (χ2v) is 2.67. The van der Waals surface area contributed by atoms with Crippen molar-refractivity contribution in [1.82, 2.24) is 15.5 Å². The summed E-state index contributed by atoms with van der Waals surface area (Å²) in [6.07, 6.45) is 0. The lowest BCUT2D eigenvalue weighted by atomic mass is 10.2. The topological polar surface area (TPSA) is 57.8 Å². The zero-order chi connectivity index (χ0) is 9.14. The van der Waals surface area contributed by atoms with Gasteiger partial charge in [-0.3, -0.25) is 9.89 Å². The molecular formula is C8H13N3O. The normalized spacial score (nSPS) is 9.92. The van der Waals surface area contributed by atoms with Crippen molar-refractivity contribution in [1.29, 1.82) is 0 Å². The van der Waals surface area contributed by atoms with E-state index in [2.05, 4.69) is 15.5 Å². The summed E-state index contributed by atoms with van der Waals surface area (Å²) in [4.78, 5) is 11.4. The summed E-state index contributed by atoms with van der Waals surface area (Å²) in [7, 11) is 0. The Bertz CT molecular complexity index is 271. The molecule has 66 valence electrons. The highest BCUT2D eigenvalue weighted by Gasteiger charge is 2.13. The van der Waals surface area contributed by atoms with Crippen LogP contribution < -0.4 is 5.32 Å². The third-order valence-corrected chi connectivity index (χ3v) is 1.69. The van der Waals surface area contributed by atoms with Crippen LogP contribution in [0.25, 0.3) is 0 Å². The van der Waals surface area contributed by atoms with Crippen molar-refractivity contribution in [3.05, 3.63) is 17.0 Å². The monoisotopic (exact) mass is 167 g/mol. The van der Waals surface area contributed by atoms with Crippen molar-refractivity contribution < 1.29 is 4.79 Å². The lowest BCUT2D eigenvalue weighted by Gasteiger charge is -2.00. The van der Waals surface area contributed by atoms with Crippen LogP contribution in [0.3, 0.4) is 0 Å². The molecule has 0 unspecified atom stereocenters. The lowest BCUT2D eigenvalue weighted by Crippen LogP contribution is -2.23. The van der Waals surface area contributed by atoms with E-state index in [9.17, 15) is 4.79 Å². The Kier molecular flexibility index (Phi) is 2.47. The van der Waals surface area contributed by atoms with Gasteiger partial charge in [0.2, 0.25) is 0 Å². The van der Waals surface area contributed by atoms with Gasteiger partial charge in [-0.25, -0.2) is 0 Å².